The molecule has 0 aliphatic carbocycles. The van der Waals surface area contributed by atoms with E-state index in [1.165, 1.54) is 36.9 Å². The minimum Gasteiger partial charge on any atom is -0.384 e. The standard InChI is InChI=1S/C21H28N2O4S/c1-23(2)19-10-6-17(7-11-19)5-4-14-22-21(24)18-8-12-20(13-9-18)28(25,26)16-15-27-3/h6-13H,4-5,14-16H2,1-3H3,(H,22,24). The van der Waals surface area contributed by atoms with Gasteiger partial charge < -0.3 is 15.0 Å². The summed E-state index contributed by atoms with van der Waals surface area (Å²) in [6, 6.07) is 14.4. The maximum absolute atomic E-state index is 12.2. The van der Waals surface area contributed by atoms with E-state index < -0.39 is 9.84 Å². The number of methoxy groups -OCH3 is 1. The van der Waals surface area contributed by atoms with Crippen LogP contribution < -0.4 is 10.2 Å². The lowest BCUT2D eigenvalue weighted by molar-refractivity contribution is 0.0953. The van der Waals surface area contributed by atoms with Crippen molar-refractivity contribution in [3.63, 3.8) is 0 Å². The lowest BCUT2D eigenvalue weighted by Gasteiger charge is -2.12. The highest BCUT2D eigenvalue weighted by Gasteiger charge is 2.15. The van der Waals surface area contributed by atoms with Crippen molar-refractivity contribution in [3.05, 3.63) is 59.7 Å². The van der Waals surface area contributed by atoms with E-state index in [9.17, 15) is 13.2 Å². The van der Waals surface area contributed by atoms with Gasteiger partial charge in [-0.2, -0.15) is 0 Å². The van der Waals surface area contributed by atoms with Gasteiger partial charge in [-0.1, -0.05) is 12.1 Å². The molecule has 6 nitrogen and oxygen atoms in total. The fourth-order valence-corrected chi connectivity index (χ4v) is 3.85. The van der Waals surface area contributed by atoms with Gasteiger partial charge >= 0.3 is 0 Å². The van der Waals surface area contributed by atoms with Gasteiger partial charge in [0.2, 0.25) is 0 Å². The maximum atomic E-state index is 12.2. The van der Waals surface area contributed by atoms with Gasteiger partial charge in [-0.15, -0.1) is 0 Å². The number of nitrogens with one attached hydrogen (secondary N) is 1. The largest absolute Gasteiger partial charge is 0.384 e. The molecule has 0 aliphatic rings. The van der Waals surface area contributed by atoms with Gasteiger partial charge in [0.1, 0.15) is 0 Å². The number of anilines is 1. The fraction of sp³-hybridized carbons (Fsp3) is 0.381. The summed E-state index contributed by atoms with van der Waals surface area (Å²) < 4.78 is 29.0. The van der Waals surface area contributed by atoms with Crippen molar-refractivity contribution in [3.8, 4) is 0 Å². The molecule has 0 heterocycles. The Morgan fingerprint density at radius 1 is 1.04 bits per heavy atom. The lowest BCUT2D eigenvalue weighted by atomic mass is 10.1. The third kappa shape index (κ3) is 6.35. The quantitative estimate of drug-likeness (QED) is 0.616. The number of amides is 1. The van der Waals surface area contributed by atoms with Gasteiger partial charge in [0, 0.05) is 39.0 Å². The summed E-state index contributed by atoms with van der Waals surface area (Å²) in [5, 5.41) is 2.87. The number of rotatable bonds is 10. The summed E-state index contributed by atoms with van der Waals surface area (Å²) in [6.07, 6.45) is 1.71. The number of carbonyl (C=O) groups is 1. The molecule has 0 bridgehead atoms. The normalized spacial score (nSPS) is 11.2. The Balaban J connectivity index is 1.81. The molecule has 2 aromatic rings. The number of hydrogen-bond acceptors (Lipinski definition) is 5. The molecule has 0 atom stereocenters. The summed E-state index contributed by atoms with van der Waals surface area (Å²) in [6.45, 7) is 0.699. The van der Waals surface area contributed by atoms with Gasteiger partial charge in [-0.25, -0.2) is 8.42 Å². The molecule has 0 saturated heterocycles. The Hall–Kier alpha value is -2.38. The number of aryl methyl sites for hydroxylation is 1. The number of nitrogens with zero attached hydrogens (tertiary/aromatic N) is 1. The van der Waals surface area contributed by atoms with Gasteiger partial charge in [0.05, 0.1) is 17.3 Å². The summed E-state index contributed by atoms with van der Waals surface area (Å²) in [4.78, 5) is 14.5. The topological polar surface area (TPSA) is 75.7 Å². The first-order valence-corrected chi connectivity index (χ1v) is 10.8. The van der Waals surface area contributed by atoms with Crippen LogP contribution in [-0.4, -0.2) is 54.4 Å². The highest BCUT2D eigenvalue weighted by Crippen LogP contribution is 2.14. The molecule has 2 rings (SSSR count). The summed E-state index contributed by atoms with van der Waals surface area (Å²) >= 11 is 0. The van der Waals surface area contributed by atoms with Crippen molar-refractivity contribution in [2.24, 2.45) is 0 Å². The van der Waals surface area contributed by atoms with Crippen LogP contribution in [0.2, 0.25) is 0 Å². The van der Waals surface area contributed by atoms with E-state index in [4.69, 9.17) is 4.74 Å². The molecule has 0 saturated carbocycles. The highest BCUT2D eigenvalue weighted by molar-refractivity contribution is 7.91. The molecule has 0 aromatic heterocycles. The Bertz CT molecular complexity index is 860. The van der Waals surface area contributed by atoms with E-state index in [0.717, 1.165) is 18.5 Å². The summed E-state index contributed by atoms with van der Waals surface area (Å²) in [5.41, 5.74) is 2.83. The molecule has 0 spiro atoms. The highest BCUT2D eigenvalue weighted by atomic mass is 32.2. The molecular formula is C21H28N2O4S. The van der Waals surface area contributed by atoms with Crippen LogP contribution in [0, 0.1) is 0 Å². The minimum atomic E-state index is -3.38. The third-order valence-corrected chi connectivity index (χ3v) is 6.11. The van der Waals surface area contributed by atoms with Crippen molar-refractivity contribution >= 4 is 21.4 Å². The van der Waals surface area contributed by atoms with Crippen molar-refractivity contribution < 1.29 is 17.9 Å². The predicted octanol–water partition coefficient (Wildman–Crippen LogP) is 2.54. The average Bonchev–Trinajstić information content (AvgIpc) is 2.70. The van der Waals surface area contributed by atoms with Crippen LogP contribution in [0.1, 0.15) is 22.3 Å². The molecule has 2 aromatic carbocycles. The Labute approximate surface area is 167 Å². The molecule has 0 radical (unpaired) electrons. The Kier molecular flexibility index (Phi) is 8.02. The lowest BCUT2D eigenvalue weighted by Crippen LogP contribution is -2.24. The molecule has 1 amide bonds. The van der Waals surface area contributed by atoms with Crippen molar-refractivity contribution in [1.82, 2.24) is 5.32 Å². The first kappa shape index (κ1) is 21.9. The SMILES string of the molecule is COCCS(=O)(=O)c1ccc(C(=O)NCCCc2ccc(N(C)C)cc2)cc1. The number of carbonyl (C=O) groups excluding carboxylic acids is 1. The molecule has 0 fully saturated rings. The van der Waals surface area contributed by atoms with Crippen LogP contribution in [0.3, 0.4) is 0 Å². The van der Waals surface area contributed by atoms with Crippen LogP contribution in [-0.2, 0) is 21.0 Å². The zero-order chi connectivity index (χ0) is 20.6. The van der Waals surface area contributed by atoms with Gasteiger partial charge in [0.15, 0.2) is 9.84 Å². The predicted molar refractivity (Wildman–Crippen MR) is 112 cm³/mol. The van der Waals surface area contributed by atoms with Crippen LogP contribution >= 0.6 is 0 Å². The Morgan fingerprint density at radius 2 is 1.68 bits per heavy atom. The van der Waals surface area contributed by atoms with E-state index in [0.29, 0.717) is 12.1 Å². The zero-order valence-corrected chi connectivity index (χ0v) is 17.5. The molecule has 7 heteroatoms. The maximum Gasteiger partial charge on any atom is 0.251 e. The van der Waals surface area contributed by atoms with Gasteiger partial charge in [-0.05, 0) is 54.8 Å². The molecular weight excluding hydrogens is 376 g/mol. The molecule has 28 heavy (non-hydrogen) atoms. The van der Waals surface area contributed by atoms with Crippen LogP contribution in [0.4, 0.5) is 5.69 Å². The molecule has 0 aliphatic heterocycles. The van der Waals surface area contributed by atoms with Gasteiger partial charge in [0.25, 0.3) is 5.91 Å². The van der Waals surface area contributed by atoms with Crippen molar-refractivity contribution in [1.29, 1.82) is 0 Å². The molecule has 1 N–H and O–H groups in total. The molecule has 152 valence electrons. The van der Waals surface area contributed by atoms with Gasteiger partial charge in [-0.3, -0.25) is 4.79 Å². The van der Waals surface area contributed by atoms with Crippen molar-refractivity contribution in [2.75, 3.05) is 45.0 Å². The summed E-state index contributed by atoms with van der Waals surface area (Å²) in [7, 11) is 2.09. The third-order valence-electron chi connectivity index (χ3n) is 4.41. The van der Waals surface area contributed by atoms with E-state index in [1.54, 1.807) is 0 Å². The average molecular weight is 405 g/mol. The van der Waals surface area contributed by atoms with Crippen LogP contribution in [0.25, 0.3) is 0 Å². The van der Waals surface area contributed by atoms with E-state index in [-0.39, 0.29) is 23.2 Å². The van der Waals surface area contributed by atoms with E-state index in [2.05, 4.69) is 34.5 Å². The number of benzene rings is 2. The first-order chi connectivity index (χ1) is 13.3. The number of ether oxygens (including phenoxy) is 1. The second kappa shape index (κ2) is 10.2. The number of hydrogen-bond donors (Lipinski definition) is 1. The van der Waals surface area contributed by atoms with Crippen LogP contribution in [0.15, 0.2) is 53.4 Å². The smallest absolute Gasteiger partial charge is 0.251 e. The van der Waals surface area contributed by atoms with Crippen LogP contribution in [0.5, 0.6) is 0 Å². The van der Waals surface area contributed by atoms with E-state index in [1.807, 2.05) is 14.1 Å². The zero-order valence-electron chi connectivity index (χ0n) is 16.6. The summed E-state index contributed by atoms with van der Waals surface area (Å²) in [5.74, 6) is -0.284. The van der Waals surface area contributed by atoms with E-state index >= 15 is 0 Å². The second-order valence-corrected chi connectivity index (χ2v) is 8.87. The monoisotopic (exact) mass is 404 g/mol. The van der Waals surface area contributed by atoms with Crippen molar-refractivity contribution in [2.45, 2.75) is 17.7 Å². The minimum absolute atomic E-state index is 0.0788. The first-order valence-electron chi connectivity index (χ1n) is 9.20. The molecule has 0 unspecified atom stereocenters. The number of sulfone groups is 1. The fourth-order valence-electron chi connectivity index (χ4n) is 2.68. The second-order valence-electron chi connectivity index (χ2n) is 6.76. The Morgan fingerprint density at radius 3 is 2.25 bits per heavy atom.